The number of nitrogen functional groups attached to an aromatic ring is 1. The maximum Gasteiger partial charge on any atom is 0.250 e. The Kier molecular flexibility index (Phi) is 3.52. The highest BCUT2D eigenvalue weighted by Crippen LogP contribution is 2.33. The molecule has 0 unspecified atom stereocenters. The maximum atomic E-state index is 11.2. The molecule has 4 nitrogen and oxygen atoms in total. The molecule has 17 heavy (non-hydrogen) atoms. The topological polar surface area (TPSA) is 81.1 Å². The Morgan fingerprint density at radius 1 is 1.41 bits per heavy atom. The van der Waals surface area contributed by atoms with Crippen LogP contribution in [0.2, 0.25) is 0 Å². The molecular formula is C13H19N3O. The summed E-state index contributed by atoms with van der Waals surface area (Å²) in [5, 5.41) is 3.24. The molecule has 4 heteroatoms. The number of hydrogen-bond acceptors (Lipinski definition) is 3. The van der Waals surface area contributed by atoms with Crippen LogP contribution in [0.5, 0.6) is 0 Å². The lowest BCUT2D eigenvalue weighted by Gasteiger charge is -2.10. The molecule has 1 amide bonds. The minimum atomic E-state index is -0.422. The Morgan fingerprint density at radius 3 is 2.82 bits per heavy atom. The highest BCUT2D eigenvalue weighted by molar-refractivity contribution is 5.99. The van der Waals surface area contributed by atoms with Crippen LogP contribution in [0.4, 0.5) is 11.4 Å². The standard InChI is InChI=1S/C13H19N3O/c14-10-5-6-11(13(15)17)12(8-10)16-7-1-2-9-3-4-9/h5-6,8-9,16H,1-4,7,14H2,(H2,15,17). The van der Waals surface area contributed by atoms with Crippen molar-refractivity contribution < 1.29 is 4.79 Å². The Morgan fingerprint density at radius 2 is 2.18 bits per heavy atom. The van der Waals surface area contributed by atoms with Crippen LogP contribution >= 0.6 is 0 Å². The van der Waals surface area contributed by atoms with Crippen LogP contribution in [0.15, 0.2) is 18.2 Å². The van der Waals surface area contributed by atoms with Gasteiger partial charge >= 0.3 is 0 Å². The van der Waals surface area contributed by atoms with Crippen molar-refractivity contribution in [2.45, 2.75) is 25.7 Å². The zero-order valence-electron chi connectivity index (χ0n) is 9.91. The summed E-state index contributed by atoms with van der Waals surface area (Å²) in [6.45, 7) is 0.861. The van der Waals surface area contributed by atoms with Crippen LogP contribution < -0.4 is 16.8 Å². The molecule has 0 saturated heterocycles. The Hall–Kier alpha value is -1.71. The Labute approximate surface area is 101 Å². The fourth-order valence-electron chi connectivity index (χ4n) is 1.94. The van der Waals surface area contributed by atoms with E-state index in [1.807, 2.05) is 0 Å². The number of carbonyl (C=O) groups is 1. The molecule has 0 atom stereocenters. The third-order valence-electron chi connectivity index (χ3n) is 3.11. The molecule has 1 aromatic carbocycles. The van der Waals surface area contributed by atoms with Gasteiger partial charge in [-0.2, -0.15) is 0 Å². The lowest BCUT2D eigenvalue weighted by molar-refractivity contribution is 0.100. The minimum Gasteiger partial charge on any atom is -0.399 e. The average Bonchev–Trinajstić information content (AvgIpc) is 3.08. The van der Waals surface area contributed by atoms with E-state index in [0.29, 0.717) is 11.3 Å². The van der Waals surface area contributed by atoms with Gasteiger partial charge < -0.3 is 16.8 Å². The number of carbonyl (C=O) groups excluding carboxylic acids is 1. The quantitative estimate of drug-likeness (QED) is 0.519. The van der Waals surface area contributed by atoms with Gasteiger partial charge in [-0.05, 0) is 37.0 Å². The first-order valence-electron chi connectivity index (χ1n) is 6.10. The van der Waals surface area contributed by atoms with Crippen molar-refractivity contribution in [3.8, 4) is 0 Å². The summed E-state index contributed by atoms with van der Waals surface area (Å²) in [7, 11) is 0. The number of primary amides is 1. The Balaban J connectivity index is 1.92. The van der Waals surface area contributed by atoms with Crippen LogP contribution in [0, 0.1) is 5.92 Å². The van der Waals surface area contributed by atoms with Crippen LogP contribution in [-0.4, -0.2) is 12.5 Å². The second-order valence-electron chi connectivity index (χ2n) is 4.68. The van der Waals surface area contributed by atoms with E-state index >= 15 is 0 Å². The van der Waals surface area contributed by atoms with Gasteiger partial charge in [-0.25, -0.2) is 0 Å². The molecule has 0 aliphatic heterocycles. The molecule has 1 aliphatic carbocycles. The number of nitrogens with one attached hydrogen (secondary N) is 1. The lowest BCUT2D eigenvalue weighted by atomic mass is 10.1. The molecule has 92 valence electrons. The molecule has 2 rings (SSSR count). The van der Waals surface area contributed by atoms with Crippen molar-refractivity contribution in [3.63, 3.8) is 0 Å². The molecule has 1 saturated carbocycles. The van der Waals surface area contributed by atoms with Gasteiger partial charge in [0.1, 0.15) is 0 Å². The summed E-state index contributed by atoms with van der Waals surface area (Å²) >= 11 is 0. The van der Waals surface area contributed by atoms with Crippen molar-refractivity contribution in [2.24, 2.45) is 11.7 Å². The van der Waals surface area contributed by atoms with Gasteiger partial charge in [0.05, 0.1) is 5.56 Å². The summed E-state index contributed by atoms with van der Waals surface area (Å²) < 4.78 is 0. The summed E-state index contributed by atoms with van der Waals surface area (Å²) in [6.07, 6.45) is 5.15. The fourth-order valence-corrected chi connectivity index (χ4v) is 1.94. The van der Waals surface area contributed by atoms with Crippen molar-refractivity contribution in [1.29, 1.82) is 0 Å². The summed E-state index contributed by atoms with van der Waals surface area (Å²) in [4.78, 5) is 11.2. The first kappa shape index (κ1) is 11.8. The second-order valence-corrected chi connectivity index (χ2v) is 4.68. The van der Waals surface area contributed by atoms with E-state index in [1.165, 1.54) is 19.3 Å². The third kappa shape index (κ3) is 3.37. The van der Waals surface area contributed by atoms with Crippen molar-refractivity contribution in [1.82, 2.24) is 0 Å². The molecule has 0 bridgehead atoms. The predicted molar refractivity (Wildman–Crippen MR) is 69.8 cm³/mol. The molecule has 0 radical (unpaired) electrons. The average molecular weight is 233 g/mol. The minimum absolute atomic E-state index is 0.422. The molecule has 1 aromatic rings. The van der Waals surface area contributed by atoms with Crippen LogP contribution in [-0.2, 0) is 0 Å². The highest BCUT2D eigenvalue weighted by Gasteiger charge is 2.20. The SMILES string of the molecule is NC(=O)c1ccc(N)cc1NCCCC1CC1. The van der Waals surface area contributed by atoms with Gasteiger partial charge in [0.15, 0.2) is 0 Å². The number of hydrogen-bond donors (Lipinski definition) is 3. The molecule has 1 aliphatic rings. The van der Waals surface area contributed by atoms with E-state index in [4.69, 9.17) is 11.5 Å². The van der Waals surface area contributed by atoms with Gasteiger partial charge in [-0.1, -0.05) is 12.8 Å². The van der Waals surface area contributed by atoms with Crippen molar-refractivity contribution in [3.05, 3.63) is 23.8 Å². The number of anilines is 2. The number of nitrogens with two attached hydrogens (primary N) is 2. The third-order valence-corrected chi connectivity index (χ3v) is 3.11. The van der Waals surface area contributed by atoms with Gasteiger partial charge in [0.2, 0.25) is 0 Å². The maximum absolute atomic E-state index is 11.2. The summed E-state index contributed by atoms with van der Waals surface area (Å²) in [5.41, 5.74) is 12.9. The fraction of sp³-hybridized carbons (Fsp3) is 0.462. The Bertz CT molecular complexity index is 413. The molecule has 1 fully saturated rings. The summed E-state index contributed by atoms with van der Waals surface area (Å²) in [5.74, 6) is 0.517. The van der Waals surface area contributed by atoms with Crippen LogP contribution in [0.25, 0.3) is 0 Å². The number of benzene rings is 1. The van der Waals surface area contributed by atoms with E-state index in [-0.39, 0.29) is 0 Å². The van der Waals surface area contributed by atoms with Crippen LogP contribution in [0.3, 0.4) is 0 Å². The number of rotatable bonds is 6. The smallest absolute Gasteiger partial charge is 0.250 e. The molecule has 5 N–H and O–H groups in total. The van der Waals surface area contributed by atoms with Gasteiger partial charge in [-0.15, -0.1) is 0 Å². The summed E-state index contributed by atoms with van der Waals surface area (Å²) in [6, 6.07) is 5.12. The van der Waals surface area contributed by atoms with Crippen molar-refractivity contribution in [2.75, 3.05) is 17.6 Å². The second kappa shape index (κ2) is 5.08. The van der Waals surface area contributed by atoms with Gasteiger partial charge in [0.25, 0.3) is 5.91 Å². The number of amides is 1. The van der Waals surface area contributed by atoms with E-state index in [9.17, 15) is 4.79 Å². The zero-order valence-corrected chi connectivity index (χ0v) is 9.91. The largest absolute Gasteiger partial charge is 0.399 e. The van der Waals surface area contributed by atoms with Crippen molar-refractivity contribution >= 4 is 17.3 Å². The first-order valence-corrected chi connectivity index (χ1v) is 6.10. The van der Waals surface area contributed by atoms with E-state index in [1.54, 1.807) is 18.2 Å². The molecule has 0 aromatic heterocycles. The first-order chi connectivity index (χ1) is 8.16. The van der Waals surface area contributed by atoms with Gasteiger partial charge in [0, 0.05) is 17.9 Å². The molecule has 0 spiro atoms. The molecule has 0 heterocycles. The zero-order chi connectivity index (χ0) is 12.3. The van der Waals surface area contributed by atoms with E-state index in [0.717, 1.165) is 24.6 Å². The highest BCUT2D eigenvalue weighted by atomic mass is 16.1. The van der Waals surface area contributed by atoms with E-state index < -0.39 is 5.91 Å². The van der Waals surface area contributed by atoms with Gasteiger partial charge in [-0.3, -0.25) is 4.79 Å². The lowest BCUT2D eigenvalue weighted by Crippen LogP contribution is -2.15. The monoisotopic (exact) mass is 233 g/mol. The van der Waals surface area contributed by atoms with Crippen LogP contribution in [0.1, 0.15) is 36.0 Å². The normalized spacial score (nSPS) is 14.6. The van der Waals surface area contributed by atoms with E-state index in [2.05, 4.69) is 5.32 Å². The predicted octanol–water partition coefficient (Wildman–Crippen LogP) is 1.97. The molecular weight excluding hydrogens is 214 g/mol.